The van der Waals surface area contributed by atoms with Gasteiger partial charge in [0.15, 0.2) is 10.2 Å². The van der Waals surface area contributed by atoms with E-state index in [2.05, 4.69) is 50.0 Å². The number of hydrogen-bond donors (Lipinski definition) is 5. The first kappa shape index (κ1) is 43.1. The van der Waals surface area contributed by atoms with Crippen LogP contribution in [-0.4, -0.2) is 97.2 Å². The zero-order valence-electron chi connectivity index (χ0n) is 31.9. The summed E-state index contributed by atoms with van der Waals surface area (Å²) in [5.41, 5.74) is 9.88. The average Bonchev–Trinajstić information content (AvgIpc) is 3.58. The number of azo groups is 1. The van der Waals surface area contributed by atoms with Gasteiger partial charge in [0, 0.05) is 49.5 Å². The first-order valence-corrected chi connectivity index (χ1v) is 22.3. The van der Waals surface area contributed by atoms with Crippen LogP contribution >= 0.6 is 23.3 Å². The molecule has 0 amide bonds. The maximum absolute atomic E-state index is 11.9. The Morgan fingerprint density at radius 3 is 1.95 bits per heavy atom. The van der Waals surface area contributed by atoms with Gasteiger partial charge in [0.25, 0.3) is 20.2 Å². The molecule has 57 heavy (non-hydrogen) atoms. The number of nitrogens with one attached hydrogen (secondary N) is 2. The van der Waals surface area contributed by atoms with Crippen LogP contribution in [0.2, 0.25) is 0 Å². The van der Waals surface area contributed by atoms with Crippen molar-refractivity contribution in [1.82, 2.24) is 19.3 Å². The molecular weight excluding hydrogens is 819 g/mol. The number of ether oxygens (including phenoxy) is 2. The molecule has 0 aliphatic rings. The number of methoxy groups -OCH3 is 2. The number of nitrogens with zero attached hydrogens (tertiary/aromatic N) is 8. The highest BCUT2D eigenvalue weighted by molar-refractivity contribution is 8.00. The molecule has 5 aromatic rings. The molecule has 0 saturated carbocycles. The lowest BCUT2D eigenvalue weighted by Gasteiger charge is -2.25. The highest BCUT2D eigenvalue weighted by atomic mass is 32.2. The van der Waals surface area contributed by atoms with Crippen molar-refractivity contribution in [3.63, 3.8) is 0 Å². The summed E-state index contributed by atoms with van der Waals surface area (Å²) in [5.74, 6) is 0.564. The molecule has 0 spiro atoms. The number of rotatable bonds is 19. The number of thioether (sulfide) groups is 1. The summed E-state index contributed by atoms with van der Waals surface area (Å²) < 4.78 is 81.5. The summed E-state index contributed by atoms with van der Waals surface area (Å²) in [5, 5.41) is 16.1. The van der Waals surface area contributed by atoms with Crippen molar-refractivity contribution in [2.45, 2.75) is 37.7 Å². The van der Waals surface area contributed by atoms with Crippen LogP contribution in [0.4, 0.5) is 51.0 Å². The Morgan fingerprint density at radius 2 is 1.39 bits per heavy atom. The average molecular weight is 862 g/mol. The van der Waals surface area contributed by atoms with E-state index in [-0.39, 0.29) is 38.4 Å². The van der Waals surface area contributed by atoms with Crippen LogP contribution in [0.3, 0.4) is 0 Å². The largest absolute Gasteiger partial charge is 0.495 e. The van der Waals surface area contributed by atoms with Gasteiger partial charge in [0.05, 0.1) is 58.8 Å². The lowest BCUT2D eigenvalue weighted by atomic mass is 10.2. The molecule has 2 aromatic heterocycles. The Hall–Kier alpha value is -5.07. The van der Waals surface area contributed by atoms with Gasteiger partial charge in [0.2, 0.25) is 11.9 Å². The Kier molecular flexibility index (Phi) is 13.9. The number of nitrogen functional groups attached to an aromatic ring is 1. The lowest BCUT2D eigenvalue weighted by molar-refractivity contribution is 0.414. The van der Waals surface area contributed by atoms with Gasteiger partial charge in [-0.1, -0.05) is 11.8 Å². The van der Waals surface area contributed by atoms with E-state index in [1.54, 1.807) is 25.3 Å². The minimum Gasteiger partial charge on any atom is -0.495 e. The molecule has 0 fully saturated rings. The highest BCUT2D eigenvalue weighted by Crippen LogP contribution is 2.42. The number of aromatic nitrogens is 4. The SMILES string of the molecule is CCN(CC)c1cc(Nc2nc(Nc3cc(N(CC)CC)c(OC)cc3N=Nc3snc4ccc(S(=O)(=O)O)cc34)nc(SCCS(=O)(=O)O)n2)c(N)cc1OC. The van der Waals surface area contributed by atoms with E-state index in [9.17, 15) is 25.9 Å². The predicted octanol–water partition coefficient (Wildman–Crippen LogP) is 6.90. The molecule has 0 unspecified atom stereocenters. The van der Waals surface area contributed by atoms with Crippen LogP contribution in [0.25, 0.3) is 10.9 Å². The van der Waals surface area contributed by atoms with Gasteiger partial charge < -0.3 is 35.6 Å². The molecule has 0 aliphatic carbocycles. The van der Waals surface area contributed by atoms with Gasteiger partial charge in [-0.3, -0.25) is 9.11 Å². The van der Waals surface area contributed by atoms with Crippen molar-refractivity contribution >= 4 is 105 Å². The maximum Gasteiger partial charge on any atom is 0.294 e. The third-order valence-corrected chi connectivity index (χ3v) is 12.0. The number of benzene rings is 3. The molecule has 19 nitrogen and oxygen atoms in total. The molecule has 3 aromatic carbocycles. The summed E-state index contributed by atoms with van der Waals surface area (Å²) >= 11 is 1.97. The van der Waals surface area contributed by atoms with Gasteiger partial charge in [-0.15, -0.1) is 10.2 Å². The van der Waals surface area contributed by atoms with E-state index < -0.39 is 26.0 Å². The molecular formula is C34H43N11O8S4. The number of anilines is 7. The standard InChI is InChI=1S/C34H43N11O8S4/c1-7-44(8-2)27-17-24(22(35)16-29(27)52-5)36-32-38-33(40-34(39-32)54-13-14-56(46,47)48)37-25-18-28(45(9-3)10-4)30(53-6)19-26(25)41-42-31-21-15-20(57(49,50)51)11-12-23(21)43-55-31/h11-12,15-19H,7-10,13-14,35H2,1-6H3,(H,46,47,48)(H,49,50,51)(H2,36,37,38,39,40). The Bertz CT molecular complexity index is 2480. The number of fused-ring (bicyclic) bond motifs is 1. The minimum atomic E-state index is -4.49. The molecule has 23 heteroatoms. The third-order valence-electron chi connectivity index (χ3n) is 8.51. The van der Waals surface area contributed by atoms with E-state index in [4.69, 9.17) is 15.2 Å². The van der Waals surface area contributed by atoms with Crippen molar-refractivity contribution in [3.8, 4) is 11.5 Å². The third kappa shape index (κ3) is 10.7. The number of hydrogen-bond acceptors (Lipinski definition) is 19. The summed E-state index contributed by atoms with van der Waals surface area (Å²) in [4.78, 5) is 17.5. The smallest absolute Gasteiger partial charge is 0.294 e. The fraction of sp³-hybridized carbons (Fsp3) is 0.353. The van der Waals surface area contributed by atoms with Crippen molar-refractivity contribution in [2.75, 3.05) is 78.1 Å². The van der Waals surface area contributed by atoms with Crippen LogP contribution in [0.1, 0.15) is 27.7 Å². The summed E-state index contributed by atoms with van der Waals surface area (Å²) in [6.45, 7) is 10.7. The predicted molar refractivity (Wildman–Crippen MR) is 225 cm³/mol. The molecule has 6 N–H and O–H groups in total. The molecule has 306 valence electrons. The summed E-state index contributed by atoms with van der Waals surface area (Å²) in [7, 11) is -5.66. The van der Waals surface area contributed by atoms with E-state index in [1.165, 1.54) is 25.3 Å². The van der Waals surface area contributed by atoms with E-state index >= 15 is 0 Å². The Morgan fingerprint density at radius 1 is 0.807 bits per heavy atom. The van der Waals surface area contributed by atoms with E-state index in [1.807, 2.05) is 33.8 Å². The van der Waals surface area contributed by atoms with Crippen molar-refractivity contribution in [1.29, 1.82) is 0 Å². The maximum atomic E-state index is 11.9. The lowest BCUT2D eigenvalue weighted by Crippen LogP contribution is -2.22. The Labute approximate surface area is 338 Å². The molecule has 5 rings (SSSR count). The van der Waals surface area contributed by atoms with Crippen LogP contribution < -0.4 is 35.6 Å². The normalized spacial score (nSPS) is 11.9. The molecule has 0 radical (unpaired) electrons. The molecule has 0 atom stereocenters. The quantitative estimate of drug-likeness (QED) is 0.0245. The van der Waals surface area contributed by atoms with Gasteiger partial charge >= 0.3 is 0 Å². The van der Waals surface area contributed by atoms with E-state index in [0.29, 0.717) is 65.6 Å². The second-order valence-corrected chi connectivity index (χ2v) is 16.8. The number of nitrogens with two attached hydrogens (primary N) is 1. The van der Waals surface area contributed by atoms with Crippen LogP contribution in [0, 0.1) is 0 Å². The summed E-state index contributed by atoms with van der Waals surface area (Å²) in [6, 6.07) is 11.0. The van der Waals surface area contributed by atoms with Crippen LogP contribution in [0.5, 0.6) is 11.5 Å². The molecule has 0 saturated heterocycles. The molecule has 2 heterocycles. The van der Waals surface area contributed by atoms with Gasteiger partial charge in [-0.25, -0.2) is 0 Å². The van der Waals surface area contributed by atoms with Gasteiger partial charge in [-0.2, -0.15) is 36.2 Å². The highest BCUT2D eigenvalue weighted by Gasteiger charge is 2.20. The minimum absolute atomic E-state index is 0.0334. The van der Waals surface area contributed by atoms with Crippen molar-refractivity contribution in [2.24, 2.45) is 10.2 Å². The monoisotopic (exact) mass is 861 g/mol. The second-order valence-electron chi connectivity index (χ2n) is 12.0. The first-order valence-electron chi connectivity index (χ1n) is 17.5. The molecule has 0 bridgehead atoms. The second kappa shape index (κ2) is 18.5. The van der Waals surface area contributed by atoms with Crippen molar-refractivity contribution in [3.05, 3.63) is 42.5 Å². The fourth-order valence-electron chi connectivity index (χ4n) is 5.63. The van der Waals surface area contributed by atoms with Crippen LogP contribution in [-0.2, 0) is 20.2 Å². The van der Waals surface area contributed by atoms with E-state index in [0.717, 1.165) is 34.7 Å². The van der Waals surface area contributed by atoms with Crippen LogP contribution in [0.15, 0.2) is 62.7 Å². The van der Waals surface area contributed by atoms with Crippen molar-refractivity contribution < 1.29 is 35.4 Å². The zero-order valence-corrected chi connectivity index (χ0v) is 35.2. The zero-order chi connectivity index (χ0) is 41.5. The topological polar surface area (TPSA) is 260 Å². The van der Waals surface area contributed by atoms with Gasteiger partial charge in [0.1, 0.15) is 17.2 Å². The Balaban J connectivity index is 1.62. The van der Waals surface area contributed by atoms with Gasteiger partial charge in [-0.05, 0) is 69.6 Å². The first-order chi connectivity index (χ1) is 27.1. The molecule has 0 aliphatic heterocycles. The summed E-state index contributed by atoms with van der Waals surface area (Å²) in [6.07, 6.45) is 0. The fourth-order valence-corrected chi connectivity index (χ4v) is 8.48.